The lowest BCUT2D eigenvalue weighted by Gasteiger charge is -2.11. The topological polar surface area (TPSA) is 100 Å². The van der Waals surface area contributed by atoms with Gasteiger partial charge in [-0.2, -0.15) is 0 Å². The van der Waals surface area contributed by atoms with Gasteiger partial charge >= 0.3 is 12.0 Å². The van der Waals surface area contributed by atoms with E-state index in [0.29, 0.717) is 24.2 Å². The third-order valence-corrected chi connectivity index (χ3v) is 5.87. The number of hydrogen-bond donors (Lipinski definition) is 3. The number of amides is 2. The molecule has 0 spiro atoms. The minimum absolute atomic E-state index is 0.0726. The summed E-state index contributed by atoms with van der Waals surface area (Å²) in [6.45, 7) is 2.32. The molecule has 4 aromatic rings. The summed E-state index contributed by atoms with van der Waals surface area (Å²) in [5.74, 6) is -0.834. The van der Waals surface area contributed by atoms with Crippen molar-refractivity contribution in [2.24, 2.45) is 0 Å². The second-order valence-corrected chi connectivity index (χ2v) is 8.54. The van der Waals surface area contributed by atoms with E-state index in [9.17, 15) is 14.4 Å². The van der Waals surface area contributed by atoms with Crippen LogP contribution in [0.3, 0.4) is 0 Å². The molecule has 182 valence electrons. The zero-order valence-corrected chi connectivity index (χ0v) is 19.9. The third-order valence-electron chi connectivity index (χ3n) is 5.87. The van der Waals surface area contributed by atoms with E-state index in [0.717, 1.165) is 27.9 Å². The molecule has 7 nitrogen and oxygen atoms in total. The molecule has 0 aliphatic carbocycles. The summed E-state index contributed by atoms with van der Waals surface area (Å²) >= 11 is 0. The molecule has 0 aliphatic rings. The molecule has 0 unspecified atom stereocenters. The number of carboxylic acid groups (broad SMARTS) is 1. The Kier molecular flexibility index (Phi) is 7.60. The third kappa shape index (κ3) is 6.27. The van der Waals surface area contributed by atoms with Crippen molar-refractivity contribution in [3.05, 3.63) is 118 Å². The lowest BCUT2D eigenvalue weighted by atomic mass is 10.0. The standard InChI is InChI=1S/C29H27N3O4/c1-20-5-2-3-7-26(20)31-29(36)30-24-15-10-22(11-16-24)19-32-18-4-6-25(28(32)35)23-13-8-21(9-14-23)12-17-27(33)34/h2-11,13-16,18H,12,17,19H2,1H3,(H,33,34)(H2,30,31,36). The van der Waals surface area contributed by atoms with Gasteiger partial charge in [-0.1, -0.05) is 54.6 Å². The van der Waals surface area contributed by atoms with Crippen LogP contribution in [0.4, 0.5) is 16.2 Å². The van der Waals surface area contributed by atoms with Crippen molar-refractivity contribution >= 4 is 23.4 Å². The van der Waals surface area contributed by atoms with Crippen LogP contribution in [0.2, 0.25) is 0 Å². The Balaban J connectivity index is 1.41. The van der Waals surface area contributed by atoms with Gasteiger partial charge in [-0.15, -0.1) is 0 Å². The first-order valence-electron chi connectivity index (χ1n) is 11.6. The second-order valence-electron chi connectivity index (χ2n) is 8.54. The highest BCUT2D eigenvalue weighted by atomic mass is 16.4. The lowest BCUT2D eigenvalue weighted by molar-refractivity contribution is -0.136. The highest BCUT2D eigenvalue weighted by Crippen LogP contribution is 2.18. The molecule has 3 aromatic carbocycles. The van der Waals surface area contributed by atoms with Crippen LogP contribution >= 0.6 is 0 Å². The number of rotatable bonds is 8. The molecular weight excluding hydrogens is 454 g/mol. The van der Waals surface area contributed by atoms with Gasteiger partial charge < -0.3 is 20.3 Å². The molecule has 3 N–H and O–H groups in total. The van der Waals surface area contributed by atoms with Gasteiger partial charge in [0.05, 0.1) is 6.54 Å². The van der Waals surface area contributed by atoms with E-state index in [2.05, 4.69) is 10.6 Å². The highest BCUT2D eigenvalue weighted by molar-refractivity contribution is 6.00. The van der Waals surface area contributed by atoms with E-state index < -0.39 is 5.97 Å². The van der Waals surface area contributed by atoms with Crippen LogP contribution in [0.1, 0.15) is 23.1 Å². The molecule has 36 heavy (non-hydrogen) atoms. The Labute approximate surface area is 209 Å². The maximum atomic E-state index is 13.1. The summed E-state index contributed by atoms with van der Waals surface area (Å²) < 4.78 is 1.64. The minimum Gasteiger partial charge on any atom is -0.481 e. The van der Waals surface area contributed by atoms with Crippen LogP contribution in [0, 0.1) is 6.92 Å². The summed E-state index contributed by atoms with van der Waals surface area (Å²) in [6, 6.07) is 25.6. The average molecular weight is 482 g/mol. The van der Waals surface area contributed by atoms with Gasteiger partial charge in [0.25, 0.3) is 5.56 Å². The van der Waals surface area contributed by atoms with Gasteiger partial charge in [-0.25, -0.2) is 4.79 Å². The minimum atomic E-state index is -0.834. The molecule has 0 saturated heterocycles. The summed E-state index contributed by atoms with van der Waals surface area (Å²) in [5.41, 5.74) is 5.46. The van der Waals surface area contributed by atoms with Crippen molar-refractivity contribution in [1.82, 2.24) is 4.57 Å². The fourth-order valence-electron chi connectivity index (χ4n) is 3.87. The number of aliphatic carboxylic acids is 1. The van der Waals surface area contributed by atoms with Crippen molar-refractivity contribution in [3.8, 4) is 11.1 Å². The number of carboxylic acids is 1. The smallest absolute Gasteiger partial charge is 0.323 e. The van der Waals surface area contributed by atoms with Crippen molar-refractivity contribution in [1.29, 1.82) is 0 Å². The predicted molar refractivity (Wildman–Crippen MR) is 141 cm³/mol. The number of nitrogens with zero attached hydrogens (tertiary/aromatic N) is 1. The number of nitrogens with one attached hydrogen (secondary N) is 2. The zero-order chi connectivity index (χ0) is 25.5. The van der Waals surface area contributed by atoms with Gasteiger partial charge in [0, 0.05) is 29.6 Å². The zero-order valence-electron chi connectivity index (χ0n) is 19.9. The van der Waals surface area contributed by atoms with E-state index in [4.69, 9.17) is 5.11 Å². The molecule has 0 radical (unpaired) electrons. The van der Waals surface area contributed by atoms with Crippen molar-refractivity contribution in [2.75, 3.05) is 10.6 Å². The highest BCUT2D eigenvalue weighted by Gasteiger charge is 2.09. The fourth-order valence-corrected chi connectivity index (χ4v) is 3.87. The summed E-state index contributed by atoms with van der Waals surface area (Å²) in [7, 11) is 0. The molecule has 1 heterocycles. The first-order valence-corrected chi connectivity index (χ1v) is 11.6. The van der Waals surface area contributed by atoms with E-state index >= 15 is 0 Å². The van der Waals surface area contributed by atoms with Gasteiger partial charge in [0.2, 0.25) is 0 Å². The Morgan fingerprint density at radius 1 is 0.833 bits per heavy atom. The molecule has 0 bridgehead atoms. The molecule has 0 aliphatic heterocycles. The Morgan fingerprint density at radius 3 is 2.22 bits per heavy atom. The number of urea groups is 1. The van der Waals surface area contributed by atoms with Gasteiger partial charge in [0.1, 0.15) is 0 Å². The van der Waals surface area contributed by atoms with Crippen LogP contribution in [-0.2, 0) is 17.8 Å². The quantitative estimate of drug-likeness (QED) is 0.308. The Morgan fingerprint density at radius 2 is 1.53 bits per heavy atom. The van der Waals surface area contributed by atoms with Gasteiger partial charge in [0.15, 0.2) is 0 Å². The van der Waals surface area contributed by atoms with E-state index in [-0.39, 0.29) is 18.0 Å². The SMILES string of the molecule is Cc1ccccc1NC(=O)Nc1ccc(Cn2cccc(-c3ccc(CCC(=O)O)cc3)c2=O)cc1. The van der Waals surface area contributed by atoms with Crippen molar-refractivity contribution in [2.45, 2.75) is 26.3 Å². The van der Waals surface area contributed by atoms with Crippen LogP contribution in [0.15, 0.2) is 95.9 Å². The molecule has 0 fully saturated rings. The fraction of sp³-hybridized carbons (Fsp3) is 0.138. The number of carbonyl (C=O) groups excluding carboxylic acids is 1. The number of carbonyl (C=O) groups is 2. The first kappa shape index (κ1) is 24.5. The maximum Gasteiger partial charge on any atom is 0.323 e. The number of aryl methyl sites for hydroxylation is 2. The second kappa shape index (κ2) is 11.2. The van der Waals surface area contributed by atoms with Gasteiger partial charge in [-0.3, -0.25) is 9.59 Å². The summed E-state index contributed by atoms with van der Waals surface area (Å²) in [4.78, 5) is 36.2. The molecule has 0 saturated carbocycles. The Bertz CT molecular complexity index is 1420. The molecule has 2 amide bonds. The molecule has 7 heteroatoms. The molecule has 4 rings (SSSR count). The number of anilines is 2. The number of para-hydroxylation sites is 1. The Hall–Kier alpha value is -4.65. The monoisotopic (exact) mass is 481 g/mol. The average Bonchev–Trinajstić information content (AvgIpc) is 2.87. The molecular formula is C29H27N3O4. The largest absolute Gasteiger partial charge is 0.481 e. The number of pyridine rings is 1. The number of benzene rings is 3. The number of hydrogen-bond acceptors (Lipinski definition) is 3. The predicted octanol–water partition coefficient (Wildman–Crippen LogP) is 5.53. The molecule has 0 atom stereocenters. The van der Waals surface area contributed by atoms with Crippen LogP contribution < -0.4 is 16.2 Å². The summed E-state index contributed by atoms with van der Waals surface area (Å²) in [6.07, 6.45) is 2.27. The lowest BCUT2D eigenvalue weighted by Crippen LogP contribution is -2.21. The number of aromatic nitrogens is 1. The maximum absolute atomic E-state index is 13.1. The molecule has 1 aromatic heterocycles. The van der Waals surface area contributed by atoms with E-state index in [1.54, 1.807) is 29.0 Å². The van der Waals surface area contributed by atoms with Crippen LogP contribution in [-0.4, -0.2) is 21.7 Å². The van der Waals surface area contributed by atoms with E-state index in [1.165, 1.54) is 0 Å². The normalized spacial score (nSPS) is 10.6. The van der Waals surface area contributed by atoms with E-state index in [1.807, 2.05) is 73.7 Å². The van der Waals surface area contributed by atoms with Crippen LogP contribution in [0.25, 0.3) is 11.1 Å². The van der Waals surface area contributed by atoms with Crippen molar-refractivity contribution in [3.63, 3.8) is 0 Å². The first-order chi connectivity index (χ1) is 17.4. The summed E-state index contributed by atoms with van der Waals surface area (Å²) in [5, 5.41) is 14.5. The van der Waals surface area contributed by atoms with Crippen LogP contribution in [0.5, 0.6) is 0 Å². The van der Waals surface area contributed by atoms with Crippen molar-refractivity contribution < 1.29 is 14.7 Å². The van der Waals surface area contributed by atoms with Gasteiger partial charge in [-0.05, 0) is 65.9 Å².